The number of nitrogens with one attached hydrogen (secondary N) is 2. The van der Waals surface area contributed by atoms with E-state index in [1.165, 1.54) is 38.5 Å². The molecule has 0 aliphatic heterocycles. The van der Waals surface area contributed by atoms with E-state index >= 15 is 0 Å². The van der Waals surface area contributed by atoms with Crippen LogP contribution >= 0.6 is 0 Å². The van der Waals surface area contributed by atoms with Crippen molar-refractivity contribution in [2.24, 2.45) is 46.3 Å². The topological polar surface area (TPSA) is 416 Å². The first-order valence-corrected chi connectivity index (χ1v) is 25.9. The maximum absolute atomic E-state index is 11.0. The fourth-order valence-electron chi connectivity index (χ4n) is 11.1. The van der Waals surface area contributed by atoms with Gasteiger partial charge in [-0.3, -0.25) is 19.2 Å². The highest BCUT2D eigenvalue weighted by atomic mass is 16.4. The summed E-state index contributed by atoms with van der Waals surface area (Å²) in [6, 6.07) is 0. The van der Waals surface area contributed by atoms with Crippen molar-refractivity contribution in [3.8, 4) is 0 Å². The predicted octanol–water partition coefficient (Wildman–Crippen LogP) is 0.295. The fraction of sp³-hybridized carbons (Fsp3) is 0.882. The van der Waals surface area contributed by atoms with Gasteiger partial charge in [-0.25, -0.2) is 0 Å². The summed E-state index contributed by atoms with van der Waals surface area (Å²) in [5, 5.41) is 148. The van der Waals surface area contributed by atoms with E-state index in [0.29, 0.717) is 28.6 Å². The van der Waals surface area contributed by atoms with Crippen LogP contribution in [0.1, 0.15) is 137 Å². The Labute approximate surface area is 431 Å². The number of aliphatic hydroxyl groups excluding tert-OH is 12. The number of allylic oxidation sites excluding steroid dienone is 1. The molecule has 73 heavy (non-hydrogen) atoms. The maximum atomic E-state index is 11.0. The van der Waals surface area contributed by atoms with E-state index in [1.54, 1.807) is 19.7 Å². The number of fused-ring (bicyclic) bond motifs is 5. The summed E-state index contributed by atoms with van der Waals surface area (Å²) < 4.78 is 0. The standard InChI is InChI=1S/C27H46O2.2C7H17NO5.2C5H8O4/c1-17(2)6-11-25(29)18(3)22-9-10-23-21-8-7-19-16-20(28)12-14-26(19,4)24(21)13-15-27(22,23)5;2*1-8-2-4(10)6(12)7(13)5(11)3-9;2*6-4(7)2-1-3-5(8)9/h7,17-18,20-25,28-29H,6,8-16H2,1-5H3;2*4-13H,2-3H2,1H3;2*1-3H2,(H,6,7)(H,8,9)/t18-,20-,21-,22+,23-,24-,25-,26-,27+;2*4-,5+,6+,7+;;/m000../s1. The van der Waals surface area contributed by atoms with Crippen LogP contribution in [0.2, 0.25) is 0 Å². The van der Waals surface area contributed by atoms with Crippen LogP contribution in [0.3, 0.4) is 0 Å². The van der Waals surface area contributed by atoms with E-state index in [2.05, 4.69) is 51.3 Å². The van der Waals surface area contributed by atoms with Gasteiger partial charge >= 0.3 is 23.9 Å². The van der Waals surface area contributed by atoms with Crippen LogP contribution in [0, 0.1) is 46.3 Å². The maximum Gasteiger partial charge on any atom is 0.303 e. The van der Waals surface area contributed by atoms with Crippen molar-refractivity contribution < 1.29 is 101 Å². The van der Waals surface area contributed by atoms with Crippen LogP contribution in [0.5, 0.6) is 0 Å². The normalized spacial score (nSPS) is 28.1. The molecule has 4 aliphatic carbocycles. The molecule has 430 valence electrons. The Morgan fingerprint density at radius 2 is 1.01 bits per heavy atom. The first-order chi connectivity index (χ1) is 34.0. The summed E-state index contributed by atoms with van der Waals surface area (Å²) in [6.07, 6.45) is 2.99. The van der Waals surface area contributed by atoms with Gasteiger partial charge in [0, 0.05) is 38.8 Å². The Morgan fingerprint density at radius 1 is 0.589 bits per heavy atom. The van der Waals surface area contributed by atoms with Gasteiger partial charge in [0.15, 0.2) is 0 Å². The van der Waals surface area contributed by atoms with Gasteiger partial charge in [0.25, 0.3) is 0 Å². The lowest BCUT2D eigenvalue weighted by atomic mass is 9.47. The summed E-state index contributed by atoms with van der Waals surface area (Å²) >= 11 is 0. The molecule has 0 unspecified atom stereocenters. The average Bonchev–Trinajstić information content (AvgIpc) is 3.69. The smallest absolute Gasteiger partial charge is 0.303 e. The fourth-order valence-corrected chi connectivity index (χ4v) is 11.1. The second-order valence-corrected chi connectivity index (χ2v) is 21.3. The number of carboxylic acid groups (broad SMARTS) is 4. The van der Waals surface area contributed by atoms with Gasteiger partial charge in [-0.2, -0.15) is 0 Å². The molecule has 0 aromatic rings. The third-order valence-electron chi connectivity index (χ3n) is 15.5. The van der Waals surface area contributed by atoms with Gasteiger partial charge in [-0.15, -0.1) is 0 Å². The Morgan fingerprint density at radius 3 is 1.40 bits per heavy atom. The zero-order valence-corrected chi connectivity index (χ0v) is 44.2. The number of hydrogen-bond acceptors (Lipinski definition) is 18. The van der Waals surface area contributed by atoms with Crippen LogP contribution in [-0.4, -0.2) is 207 Å². The van der Waals surface area contributed by atoms with E-state index in [-0.39, 0.29) is 63.8 Å². The molecule has 0 heterocycles. The highest BCUT2D eigenvalue weighted by Gasteiger charge is 2.59. The van der Waals surface area contributed by atoms with Gasteiger partial charge in [-0.05, 0) is 137 Å². The number of carboxylic acids is 4. The largest absolute Gasteiger partial charge is 0.481 e. The third kappa shape index (κ3) is 23.9. The summed E-state index contributed by atoms with van der Waals surface area (Å²) in [5.41, 5.74) is 2.33. The highest BCUT2D eigenvalue weighted by Crippen LogP contribution is 2.67. The molecule has 4 rings (SSSR count). The Bertz CT molecular complexity index is 1520. The molecule has 3 fully saturated rings. The summed E-state index contributed by atoms with van der Waals surface area (Å²) in [7, 11) is 3.15. The average molecular weight is 1060 g/mol. The Balaban J connectivity index is 0.000000992. The first kappa shape index (κ1) is 70.1. The van der Waals surface area contributed by atoms with Gasteiger partial charge < -0.3 is 92.3 Å². The molecule has 18 N–H and O–H groups in total. The molecule has 0 bridgehead atoms. The summed E-state index contributed by atoms with van der Waals surface area (Å²) in [6.45, 7) is 10.8. The Kier molecular flexibility index (Phi) is 34.0. The van der Waals surface area contributed by atoms with Gasteiger partial charge in [-0.1, -0.05) is 46.3 Å². The number of rotatable bonds is 25. The molecule has 17 atom stereocenters. The number of aliphatic carboxylic acids is 4. The number of aliphatic hydroxyl groups is 12. The van der Waals surface area contributed by atoms with Crippen LogP contribution in [0.25, 0.3) is 0 Å². The molecule has 0 aromatic heterocycles. The molecular formula is C51H96N2O20. The zero-order valence-electron chi connectivity index (χ0n) is 44.2. The van der Waals surface area contributed by atoms with E-state index in [1.807, 2.05) is 0 Å². The molecule has 22 heteroatoms. The van der Waals surface area contributed by atoms with E-state index in [0.717, 1.165) is 43.4 Å². The molecule has 22 nitrogen and oxygen atoms in total. The summed E-state index contributed by atoms with van der Waals surface area (Å²) in [4.78, 5) is 39.2. The van der Waals surface area contributed by atoms with Crippen LogP contribution in [0.4, 0.5) is 0 Å². The van der Waals surface area contributed by atoms with Crippen molar-refractivity contribution in [2.45, 2.75) is 198 Å². The molecule has 4 aliphatic rings. The van der Waals surface area contributed by atoms with Crippen molar-refractivity contribution in [1.29, 1.82) is 0 Å². The molecular weight excluding hydrogens is 961 g/mol. The molecule has 0 radical (unpaired) electrons. The third-order valence-corrected chi connectivity index (χ3v) is 15.5. The molecule has 0 spiro atoms. The minimum atomic E-state index is -1.55. The van der Waals surface area contributed by atoms with Crippen LogP contribution in [-0.2, 0) is 19.2 Å². The van der Waals surface area contributed by atoms with Crippen LogP contribution < -0.4 is 10.6 Å². The number of likely N-dealkylation sites (N-methyl/N-ethyl adjacent to an activating group) is 2. The number of hydrogen-bond donors (Lipinski definition) is 18. The lowest BCUT2D eigenvalue weighted by molar-refractivity contribution is -0.140. The monoisotopic (exact) mass is 1060 g/mol. The van der Waals surface area contributed by atoms with Gasteiger partial charge in [0.05, 0.1) is 37.6 Å². The van der Waals surface area contributed by atoms with Gasteiger partial charge in [0.1, 0.15) is 36.6 Å². The van der Waals surface area contributed by atoms with Crippen molar-refractivity contribution >= 4 is 23.9 Å². The van der Waals surface area contributed by atoms with Crippen molar-refractivity contribution in [3.05, 3.63) is 11.6 Å². The highest BCUT2D eigenvalue weighted by molar-refractivity contribution is 5.70. The van der Waals surface area contributed by atoms with Crippen molar-refractivity contribution in [2.75, 3.05) is 40.4 Å². The SMILES string of the molecule is CC(C)CC[C@H](O)[C@@H](C)[C@H]1CC[C@H]2[C@@H]3CC=C4C[C@@H](O)CC[C@]4(C)[C@H]3CC[C@]12C.CNC[C@H](O)[C@@H](O)[C@H](O)[C@H](O)CO.CNC[C@H](O)[C@@H](O)[C@H](O)[C@H](O)CO.O=C(O)CCCC(=O)O.O=C(O)CCCC(=O)O. The molecule has 0 aromatic carbocycles. The second-order valence-electron chi connectivity index (χ2n) is 21.3. The minimum absolute atomic E-state index is 0.0632. The number of carbonyl (C=O) groups is 4. The second kappa shape index (κ2) is 35.4. The molecule has 0 saturated heterocycles. The molecule has 0 amide bonds. The lowest BCUT2D eigenvalue weighted by Gasteiger charge is -2.58. The minimum Gasteiger partial charge on any atom is -0.481 e. The van der Waals surface area contributed by atoms with Crippen molar-refractivity contribution in [1.82, 2.24) is 10.6 Å². The lowest BCUT2D eigenvalue weighted by Crippen LogP contribution is -2.51. The quantitative estimate of drug-likeness (QED) is 0.0547. The van der Waals surface area contributed by atoms with E-state index < -0.39 is 85.9 Å². The first-order valence-electron chi connectivity index (χ1n) is 25.9. The molecule has 3 saturated carbocycles. The van der Waals surface area contributed by atoms with E-state index in [4.69, 9.17) is 61.3 Å². The van der Waals surface area contributed by atoms with Crippen LogP contribution in [0.15, 0.2) is 11.6 Å². The Hall–Kier alpha value is -2.94. The van der Waals surface area contributed by atoms with Gasteiger partial charge in [0.2, 0.25) is 0 Å². The predicted molar refractivity (Wildman–Crippen MR) is 269 cm³/mol. The van der Waals surface area contributed by atoms with E-state index in [9.17, 15) is 39.6 Å². The zero-order chi connectivity index (χ0) is 56.4. The summed E-state index contributed by atoms with van der Waals surface area (Å²) in [5.74, 6) is 0.456. The van der Waals surface area contributed by atoms with Crippen molar-refractivity contribution in [3.63, 3.8) is 0 Å².